The Balaban J connectivity index is 2.07. The number of Topliss-reactive ketones (excluding diaryl/α,β-unsaturated/α-hetero) is 2. The van der Waals surface area contributed by atoms with Crippen molar-refractivity contribution in [3.63, 3.8) is 0 Å². The Morgan fingerprint density at radius 1 is 1.18 bits per heavy atom. The van der Waals surface area contributed by atoms with Gasteiger partial charge in [-0.15, -0.1) is 0 Å². The predicted molar refractivity (Wildman–Crippen MR) is 110 cm³/mol. The Morgan fingerprint density at radius 3 is 2.33 bits per heavy atom. The molecule has 176 valence electrons. The van der Waals surface area contributed by atoms with Crippen molar-refractivity contribution in [2.45, 2.75) is 30.6 Å². The lowest BCUT2D eigenvalue weighted by atomic mass is 9.55. The molecule has 1 aromatic carbocycles. The number of halogens is 1. The number of rotatable bonds is 2. The molecule has 0 aromatic heterocycles. The van der Waals surface area contributed by atoms with Gasteiger partial charge >= 0.3 is 0 Å². The molecule has 3 aliphatic carbocycles. The average Bonchev–Trinajstić information content (AvgIpc) is 2.72. The van der Waals surface area contributed by atoms with Crippen molar-refractivity contribution >= 4 is 17.5 Å². The number of ketones is 2. The van der Waals surface area contributed by atoms with E-state index in [1.165, 1.54) is 25.1 Å². The summed E-state index contributed by atoms with van der Waals surface area (Å²) in [5.74, 6) is -11.5. The van der Waals surface area contributed by atoms with Gasteiger partial charge in [-0.05, 0) is 31.6 Å². The van der Waals surface area contributed by atoms with E-state index in [1.54, 1.807) is 6.92 Å². The van der Waals surface area contributed by atoms with Crippen LogP contribution in [0.5, 0.6) is 5.75 Å². The number of phenolic OH excluding ortho intramolecular Hbond substituents is 1. The number of fused-ring (bicyclic) bond motifs is 3. The van der Waals surface area contributed by atoms with Gasteiger partial charge in [-0.25, -0.2) is 4.39 Å². The van der Waals surface area contributed by atoms with Crippen LogP contribution in [-0.2, 0) is 9.59 Å². The van der Waals surface area contributed by atoms with E-state index >= 15 is 0 Å². The van der Waals surface area contributed by atoms with E-state index in [0.717, 1.165) is 6.07 Å². The number of likely N-dealkylation sites (N-methyl/N-ethyl adjacent to an activating group) is 1. The SMILES string of the molecule is CC1c2ccc(F)c(O)c2C(=O)C2=C(O)C3(O)C(=O)C(C(N)=O)=C(O)C(N(C)C)C3C(O)C21. The molecule has 33 heavy (non-hydrogen) atoms. The van der Waals surface area contributed by atoms with Gasteiger partial charge in [0.05, 0.1) is 23.6 Å². The summed E-state index contributed by atoms with van der Waals surface area (Å²) in [4.78, 5) is 39.7. The molecule has 11 heteroatoms. The van der Waals surface area contributed by atoms with Crippen LogP contribution in [-0.4, -0.2) is 79.7 Å². The van der Waals surface area contributed by atoms with Gasteiger partial charge in [0, 0.05) is 11.5 Å². The first-order valence-corrected chi connectivity index (χ1v) is 10.1. The number of aliphatic hydroxyl groups is 4. The Labute approximate surface area is 187 Å². The summed E-state index contributed by atoms with van der Waals surface area (Å²) in [6, 6.07) is 0.893. The van der Waals surface area contributed by atoms with Crippen LogP contribution >= 0.6 is 0 Å². The molecule has 3 aliphatic rings. The number of carbonyl (C=O) groups is 3. The Morgan fingerprint density at radius 2 is 1.79 bits per heavy atom. The minimum Gasteiger partial charge on any atom is -0.510 e. The first-order valence-electron chi connectivity index (χ1n) is 10.1. The molecule has 0 saturated carbocycles. The number of nitrogens with two attached hydrogens (primary N) is 1. The molecular weight excluding hydrogens is 439 g/mol. The molecule has 0 aliphatic heterocycles. The zero-order valence-corrected chi connectivity index (χ0v) is 17.9. The fourth-order valence-electron chi connectivity index (χ4n) is 5.60. The topological polar surface area (TPSA) is 182 Å². The lowest BCUT2D eigenvalue weighted by Crippen LogP contribution is -2.68. The number of phenols is 1. The maximum atomic E-state index is 14.0. The molecule has 1 aromatic rings. The van der Waals surface area contributed by atoms with Gasteiger partial charge in [0.1, 0.15) is 17.1 Å². The fourth-order valence-corrected chi connectivity index (χ4v) is 5.60. The van der Waals surface area contributed by atoms with E-state index in [0.29, 0.717) is 0 Å². The monoisotopic (exact) mass is 462 g/mol. The highest BCUT2D eigenvalue weighted by atomic mass is 19.1. The van der Waals surface area contributed by atoms with Gasteiger partial charge in [-0.1, -0.05) is 13.0 Å². The molecule has 0 spiro atoms. The lowest BCUT2D eigenvalue weighted by molar-refractivity contribution is -0.162. The predicted octanol–water partition coefficient (Wildman–Crippen LogP) is -0.208. The zero-order valence-electron chi connectivity index (χ0n) is 17.9. The maximum absolute atomic E-state index is 14.0. The van der Waals surface area contributed by atoms with Crippen molar-refractivity contribution in [2.75, 3.05) is 14.1 Å². The van der Waals surface area contributed by atoms with Crippen LogP contribution in [0.4, 0.5) is 4.39 Å². The number of aromatic hydroxyl groups is 1. The number of aliphatic hydroxyl groups excluding tert-OH is 3. The number of nitrogens with zero attached hydrogens (tertiary/aromatic N) is 1. The Bertz CT molecular complexity index is 1190. The van der Waals surface area contributed by atoms with E-state index in [2.05, 4.69) is 0 Å². The number of primary amides is 1. The smallest absolute Gasteiger partial charge is 0.255 e. The molecule has 1 amide bonds. The first-order chi connectivity index (χ1) is 15.3. The van der Waals surface area contributed by atoms with Gasteiger partial charge in [-0.2, -0.15) is 0 Å². The second kappa shape index (κ2) is 7.11. The van der Waals surface area contributed by atoms with Crippen molar-refractivity contribution in [3.8, 4) is 5.75 Å². The normalized spacial score (nSPS) is 33.7. The molecule has 10 nitrogen and oxygen atoms in total. The highest BCUT2D eigenvalue weighted by Crippen LogP contribution is 2.55. The largest absolute Gasteiger partial charge is 0.510 e. The van der Waals surface area contributed by atoms with Gasteiger partial charge in [0.15, 0.2) is 23.0 Å². The van der Waals surface area contributed by atoms with Gasteiger partial charge in [0.2, 0.25) is 5.78 Å². The summed E-state index contributed by atoms with van der Waals surface area (Å²) >= 11 is 0. The molecule has 6 atom stereocenters. The number of carbonyl (C=O) groups excluding carboxylic acids is 3. The van der Waals surface area contributed by atoms with Gasteiger partial charge < -0.3 is 31.3 Å². The highest BCUT2D eigenvalue weighted by molar-refractivity contribution is 6.25. The molecule has 4 rings (SSSR count). The highest BCUT2D eigenvalue weighted by Gasteiger charge is 2.67. The summed E-state index contributed by atoms with van der Waals surface area (Å²) in [7, 11) is 2.90. The molecule has 7 N–H and O–H groups in total. The number of hydrogen-bond acceptors (Lipinski definition) is 9. The summed E-state index contributed by atoms with van der Waals surface area (Å²) in [5.41, 5.74) is 0.426. The van der Waals surface area contributed by atoms with E-state index < -0.39 is 92.8 Å². The van der Waals surface area contributed by atoms with Crippen LogP contribution in [0.3, 0.4) is 0 Å². The number of amides is 1. The molecule has 0 radical (unpaired) electrons. The van der Waals surface area contributed by atoms with E-state index in [-0.39, 0.29) is 5.56 Å². The molecule has 0 bridgehead atoms. The summed E-state index contributed by atoms with van der Waals surface area (Å²) in [6.07, 6.45) is -1.69. The second-order valence-corrected chi connectivity index (χ2v) is 8.91. The summed E-state index contributed by atoms with van der Waals surface area (Å²) in [5, 5.41) is 54.9. The van der Waals surface area contributed by atoms with E-state index in [1.807, 2.05) is 0 Å². The summed E-state index contributed by atoms with van der Waals surface area (Å²) < 4.78 is 14.0. The third-order valence-electron chi connectivity index (χ3n) is 7.08. The first kappa shape index (κ1) is 22.9. The quantitative estimate of drug-likeness (QED) is 0.324. The van der Waals surface area contributed by atoms with Crippen LogP contribution in [0, 0.1) is 17.7 Å². The third kappa shape index (κ3) is 2.66. The third-order valence-corrected chi connectivity index (χ3v) is 7.08. The van der Waals surface area contributed by atoms with Crippen LogP contribution < -0.4 is 5.73 Å². The van der Waals surface area contributed by atoms with Crippen molar-refractivity contribution in [3.05, 3.63) is 51.7 Å². The van der Waals surface area contributed by atoms with Crippen LogP contribution in [0.15, 0.2) is 34.8 Å². The van der Waals surface area contributed by atoms with Crippen LogP contribution in [0.25, 0.3) is 0 Å². The van der Waals surface area contributed by atoms with Crippen molar-refractivity contribution < 1.29 is 44.3 Å². The molecular formula is C22H23FN2O8. The van der Waals surface area contributed by atoms with Crippen molar-refractivity contribution in [2.24, 2.45) is 17.6 Å². The lowest BCUT2D eigenvalue weighted by Gasteiger charge is -2.53. The van der Waals surface area contributed by atoms with Crippen molar-refractivity contribution in [1.82, 2.24) is 4.90 Å². The minimum absolute atomic E-state index is 0.200. The standard InChI is InChI=1S/C22H23FN2O8/c1-6-7-4-5-8(23)15(26)10(7)16(27)11-9(6)17(28)13-14(25(2)3)18(29)12(21(24)32)20(31)22(13,33)19(11)30/h4-6,9,13-14,17,26,28-30,33H,1-3H3,(H2,24,32). The Kier molecular flexibility index (Phi) is 4.93. The van der Waals surface area contributed by atoms with Gasteiger partial charge in [-0.3, -0.25) is 19.3 Å². The van der Waals surface area contributed by atoms with Crippen LogP contribution in [0.1, 0.15) is 28.8 Å². The minimum atomic E-state index is -2.99. The maximum Gasteiger partial charge on any atom is 0.255 e. The van der Waals surface area contributed by atoms with E-state index in [4.69, 9.17) is 5.73 Å². The number of benzene rings is 1. The van der Waals surface area contributed by atoms with Crippen molar-refractivity contribution in [1.29, 1.82) is 0 Å². The molecule has 0 fully saturated rings. The molecule has 6 unspecified atom stereocenters. The van der Waals surface area contributed by atoms with Gasteiger partial charge in [0.25, 0.3) is 5.91 Å². The van der Waals surface area contributed by atoms with Crippen LogP contribution in [0.2, 0.25) is 0 Å². The second-order valence-electron chi connectivity index (χ2n) is 8.91. The Hall–Kier alpha value is -3.28. The zero-order chi connectivity index (χ0) is 24.7. The fraction of sp³-hybridized carbons (Fsp3) is 0.409. The number of hydrogen-bond donors (Lipinski definition) is 6. The summed E-state index contributed by atoms with van der Waals surface area (Å²) in [6.45, 7) is 1.56. The molecule has 0 saturated heterocycles. The average molecular weight is 462 g/mol. The molecule has 0 heterocycles. The van der Waals surface area contributed by atoms with E-state index in [9.17, 15) is 44.3 Å².